The van der Waals surface area contributed by atoms with E-state index < -0.39 is 0 Å². The van der Waals surface area contributed by atoms with Gasteiger partial charge >= 0.3 is 0 Å². The molecule has 2 aromatic heterocycles. The Kier molecular flexibility index (Phi) is 9.18. The van der Waals surface area contributed by atoms with E-state index in [1.807, 2.05) is 0 Å². The monoisotopic (exact) mass is 550 g/mol. The van der Waals surface area contributed by atoms with Crippen molar-refractivity contribution in [2.75, 3.05) is 52.4 Å². The standard InChI is InChI=1S/2C15H25N5/c2*1-14(16-8-4-9-17-14)12-6-3-7-13(20-12)15(2)18-10-5-11-19-15/h2*3,6-7,16-19H,4-5,8-11H2,1-2H3. The summed E-state index contributed by atoms with van der Waals surface area (Å²) in [5.74, 6) is 0. The highest BCUT2D eigenvalue weighted by Crippen LogP contribution is 2.24. The molecule has 4 saturated heterocycles. The maximum absolute atomic E-state index is 4.91. The van der Waals surface area contributed by atoms with Gasteiger partial charge in [-0.15, -0.1) is 0 Å². The van der Waals surface area contributed by atoms with Crippen LogP contribution in [0, 0.1) is 0 Å². The highest BCUT2D eigenvalue weighted by Gasteiger charge is 2.35. The molecule has 220 valence electrons. The number of nitrogens with one attached hydrogen (secondary N) is 8. The maximum atomic E-state index is 4.91. The van der Waals surface area contributed by atoms with E-state index in [4.69, 9.17) is 9.97 Å². The van der Waals surface area contributed by atoms with Gasteiger partial charge in [0.25, 0.3) is 0 Å². The minimum Gasteiger partial charge on any atom is -0.294 e. The second-order valence-electron chi connectivity index (χ2n) is 12.1. The summed E-state index contributed by atoms with van der Waals surface area (Å²) in [6.07, 6.45) is 4.65. The van der Waals surface area contributed by atoms with E-state index in [1.165, 1.54) is 0 Å². The topological polar surface area (TPSA) is 122 Å². The molecule has 0 aliphatic carbocycles. The Bertz CT molecular complexity index is 931. The van der Waals surface area contributed by atoms with Gasteiger partial charge in [0.2, 0.25) is 0 Å². The summed E-state index contributed by atoms with van der Waals surface area (Å²) >= 11 is 0. The summed E-state index contributed by atoms with van der Waals surface area (Å²) in [4.78, 5) is 9.83. The number of hydrogen-bond acceptors (Lipinski definition) is 10. The van der Waals surface area contributed by atoms with Crippen LogP contribution in [0.3, 0.4) is 0 Å². The molecule has 0 saturated carbocycles. The average molecular weight is 551 g/mol. The van der Waals surface area contributed by atoms with E-state index in [9.17, 15) is 0 Å². The predicted molar refractivity (Wildman–Crippen MR) is 160 cm³/mol. The van der Waals surface area contributed by atoms with E-state index in [0.717, 1.165) is 101 Å². The van der Waals surface area contributed by atoms with Crippen LogP contribution in [0.1, 0.15) is 76.2 Å². The molecular formula is C30H50N10. The van der Waals surface area contributed by atoms with Crippen molar-refractivity contribution in [1.82, 2.24) is 52.5 Å². The van der Waals surface area contributed by atoms with Crippen molar-refractivity contribution in [2.45, 2.75) is 76.0 Å². The fourth-order valence-corrected chi connectivity index (χ4v) is 6.02. The number of aromatic nitrogens is 2. The van der Waals surface area contributed by atoms with Gasteiger partial charge in [0.15, 0.2) is 0 Å². The van der Waals surface area contributed by atoms with Crippen LogP contribution < -0.4 is 42.5 Å². The summed E-state index contributed by atoms with van der Waals surface area (Å²) in [7, 11) is 0. The van der Waals surface area contributed by atoms with E-state index in [0.29, 0.717) is 0 Å². The Balaban J connectivity index is 0.000000161. The van der Waals surface area contributed by atoms with Crippen LogP contribution in [0.5, 0.6) is 0 Å². The molecule has 0 radical (unpaired) electrons. The number of nitrogens with zero attached hydrogens (tertiary/aromatic N) is 2. The lowest BCUT2D eigenvalue weighted by Crippen LogP contribution is -2.58. The molecule has 6 rings (SSSR count). The maximum Gasteiger partial charge on any atom is 0.109 e. The molecule has 8 N–H and O–H groups in total. The molecule has 2 aromatic rings. The van der Waals surface area contributed by atoms with Gasteiger partial charge in [-0.1, -0.05) is 12.1 Å². The van der Waals surface area contributed by atoms with Crippen LogP contribution >= 0.6 is 0 Å². The van der Waals surface area contributed by atoms with Gasteiger partial charge in [-0.2, -0.15) is 0 Å². The summed E-state index contributed by atoms with van der Waals surface area (Å²) in [6, 6.07) is 12.6. The van der Waals surface area contributed by atoms with Gasteiger partial charge in [0.05, 0.1) is 22.8 Å². The zero-order chi connectivity index (χ0) is 28.1. The Morgan fingerprint density at radius 1 is 0.400 bits per heavy atom. The quantitative estimate of drug-likeness (QED) is 0.282. The fourth-order valence-electron chi connectivity index (χ4n) is 6.02. The highest BCUT2D eigenvalue weighted by atomic mass is 15.3. The Morgan fingerprint density at radius 2 is 0.600 bits per heavy atom. The molecule has 0 bridgehead atoms. The van der Waals surface area contributed by atoms with Gasteiger partial charge in [0, 0.05) is 0 Å². The molecule has 10 nitrogen and oxygen atoms in total. The molecule has 0 amide bonds. The van der Waals surface area contributed by atoms with Gasteiger partial charge in [0.1, 0.15) is 22.7 Å². The summed E-state index contributed by atoms with van der Waals surface area (Å²) in [5, 5.41) is 28.3. The van der Waals surface area contributed by atoms with Crippen molar-refractivity contribution >= 4 is 0 Å². The number of hydrogen-bond donors (Lipinski definition) is 8. The molecule has 4 aliphatic heterocycles. The lowest BCUT2D eigenvalue weighted by molar-refractivity contribution is 0.226. The van der Waals surface area contributed by atoms with Crippen molar-refractivity contribution in [3.05, 3.63) is 59.2 Å². The van der Waals surface area contributed by atoms with Gasteiger partial charge in [-0.3, -0.25) is 52.5 Å². The molecule has 4 fully saturated rings. The third-order valence-electron chi connectivity index (χ3n) is 8.79. The second-order valence-corrected chi connectivity index (χ2v) is 12.1. The van der Waals surface area contributed by atoms with Crippen molar-refractivity contribution in [2.24, 2.45) is 0 Å². The number of pyridine rings is 2. The van der Waals surface area contributed by atoms with Crippen LogP contribution in [0.4, 0.5) is 0 Å². The third kappa shape index (κ3) is 6.55. The average Bonchev–Trinajstić information content (AvgIpc) is 2.99. The third-order valence-corrected chi connectivity index (χ3v) is 8.79. The molecule has 40 heavy (non-hydrogen) atoms. The molecule has 0 spiro atoms. The zero-order valence-electron chi connectivity index (χ0n) is 24.8. The van der Waals surface area contributed by atoms with E-state index >= 15 is 0 Å². The first-order valence-corrected chi connectivity index (χ1v) is 15.2. The van der Waals surface area contributed by atoms with Crippen molar-refractivity contribution in [1.29, 1.82) is 0 Å². The molecular weight excluding hydrogens is 500 g/mol. The van der Waals surface area contributed by atoms with E-state index in [-0.39, 0.29) is 22.7 Å². The van der Waals surface area contributed by atoms with E-state index in [2.05, 4.69) is 107 Å². The molecule has 10 heteroatoms. The zero-order valence-corrected chi connectivity index (χ0v) is 24.8. The Hall–Kier alpha value is -2.02. The van der Waals surface area contributed by atoms with Crippen LogP contribution in [0.25, 0.3) is 0 Å². The first-order chi connectivity index (χ1) is 19.2. The van der Waals surface area contributed by atoms with Gasteiger partial charge in [-0.25, -0.2) is 0 Å². The highest BCUT2D eigenvalue weighted by molar-refractivity contribution is 5.24. The normalized spacial score (nSPS) is 25.3. The van der Waals surface area contributed by atoms with Gasteiger partial charge in [-0.05, 0) is 130 Å². The van der Waals surface area contributed by atoms with Gasteiger partial charge < -0.3 is 0 Å². The van der Waals surface area contributed by atoms with Crippen LogP contribution in [-0.4, -0.2) is 62.3 Å². The SMILES string of the molecule is CC1(c2cccc(C3(C)NCCCN3)n2)NCCCN1.CC1(c2cccc(C3(C)NCCCN3)n2)NCCCN1. The summed E-state index contributed by atoms with van der Waals surface area (Å²) < 4.78 is 0. The molecule has 0 atom stereocenters. The summed E-state index contributed by atoms with van der Waals surface area (Å²) in [5.41, 5.74) is 3.35. The lowest BCUT2D eigenvalue weighted by atomic mass is 10.0. The van der Waals surface area contributed by atoms with E-state index in [1.54, 1.807) is 0 Å². The van der Waals surface area contributed by atoms with Crippen molar-refractivity contribution < 1.29 is 0 Å². The molecule has 6 heterocycles. The van der Waals surface area contributed by atoms with Crippen LogP contribution in [0.2, 0.25) is 0 Å². The van der Waals surface area contributed by atoms with Crippen LogP contribution in [-0.2, 0) is 22.7 Å². The first-order valence-electron chi connectivity index (χ1n) is 15.2. The molecule has 0 aromatic carbocycles. The Labute approximate surface area is 240 Å². The minimum absolute atomic E-state index is 0.223. The lowest BCUT2D eigenvalue weighted by Gasteiger charge is -2.38. The molecule has 4 aliphatic rings. The van der Waals surface area contributed by atoms with Crippen molar-refractivity contribution in [3.63, 3.8) is 0 Å². The first kappa shape index (κ1) is 29.5. The Morgan fingerprint density at radius 3 is 0.800 bits per heavy atom. The minimum atomic E-state index is -0.223. The fraction of sp³-hybridized carbons (Fsp3) is 0.667. The predicted octanol–water partition coefficient (Wildman–Crippen LogP) is 1.19. The summed E-state index contributed by atoms with van der Waals surface area (Å²) in [6.45, 7) is 16.9. The number of rotatable bonds is 4. The van der Waals surface area contributed by atoms with Crippen molar-refractivity contribution in [3.8, 4) is 0 Å². The molecule has 0 unspecified atom stereocenters. The second kappa shape index (κ2) is 12.5. The largest absolute Gasteiger partial charge is 0.294 e. The van der Waals surface area contributed by atoms with Crippen LogP contribution in [0.15, 0.2) is 36.4 Å². The smallest absolute Gasteiger partial charge is 0.109 e.